The second kappa shape index (κ2) is 7.63. The summed E-state index contributed by atoms with van der Waals surface area (Å²) >= 11 is 6.01. The maximum absolute atomic E-state index is 10.5. The summed E-state index contributed by atoms with van der Waals surface area (Å²) in [6.07, 6.45) is 1.49. The molecule has 1 atom stereocenters. The fraction of sp³-hybridized carbons (Fsp3) is 0.385. The van der Waals surface area contributed by atoms with Gasteiger partial charge in [0.2, 0.25) is 6.41 Å². The van der Waals surface area contributed by atoms with E-state index in [-0.39, 0.29) is 12.5 Å². The zero-order valence-corrected chi connectivity index (χ0v) is 11.3. The molecule has 0 aliphatic carbocycles. The summed E-state index contributed by atoms with van der Waals surface area (Å²) in [4.78, 5) is 21.1. The average molecular weight is 286 g/mol. The Balaban J connectivity index is 2.69. The quantitative estimate of drug-likeness (QED) is 0.715. The third-order valence-electron chi connectivity index (χ3n) is 2.71. The van der Waals surface area contributed by atoms with Crippen molar-refractivity contribution < 1.29 is 19.4 Å². The molecule has 0 saturated heterocycles. The van der Waals surface area contributed by atoms with Gasteiger partial charge in [-0.3, -0.25) is 9.59 Å². The van der Waals surface area contributed by atoms with Crippen LogP contribution in [0.5, 0.6) is 5.75 Å². The van der Waals surface area contributed by atoms with E-state index in [1.54, 1.807) is 12.1 Å². The molecule has 6 heteroatoms. The van der Waals surface area contributed by atoms with Gasteiger partial charge in [0, 0.05) is 12.5 Å². The highest BCUT2D eigenvalue weighted by molar-refractivity contribution is 6.32. The number of hydrogen-bond donors (Lipinski definition) is 2. The van der Waals surface area contributed by atoms with E-state index in [0.717, 1.165) is 5.56 Å². The molecule has 0 aromatic heterocycles. The van der Waals surface area contributed by atoms with Gasteiger partial charge in [-0.2, -0.15) is 0 Å². The van der Waals surface area contributed by atoms with Crippen molar-refractivity contribution in [2.24, 2.45) is 0 Å². The highest BCUT2D eigenvalue weighted by Crippen LogP contribution is 2.25. The summed E-state index contributed by atoms with van der Waals surface area (Å²) in [7, 11) is 1.53. The lowest BCUT2D eigenvalue weighted by Gasteiger charge is -2.15. The summed E-state index contributed by atoms with van der Waals surface area (Å²) in [6.45, 7) is 0. The normalized spacial score (nSPS) is 11.7. The first-order valence-corrected chi connectivity index (χ1v) is 6.18. The standard InChI is InChI=1S/C13H16ClNO4/c1-19-12-4-2-9(7-11(12)14)6-10(15-8-16)3-5-13(17)18/h2,4,7-8,10H,3,5-6H2,1H3,(H,15,16)(H,17,18). The number of ether oxygens (including phenoxy) is 1. The molecule has 0 bridgehead atoms. The predicted octanol–water partition coefficient (Wildman–Crippen LogP) is 1.87. The van der Waals surface area contributed by atoms with Gasteiger partial charge in [-0.1, -0.05) is 17.7 Å². The van der Waals surface area contributed by atoms with Crippen LogP contribution in [0.2, 0.25) is 5.02 Å². The van der Waals surface area contributed by atoms with Crippen LogP contribution >= 0.6 is 11.6 Å². The number of carbonyl (C=O) groups is 2. The van der Waals surface area contributed by atoms with Crippen LogP contribution in [-0.4, -0.2) is 30.6 Å². The lowest BCUT2D eigenvalue weighted by atomic mass is 10.0. The van der Waals surface area contributed by atoms with Gasteiger partial charge in [-0.15, -0.1) is 0 Å². The molecule has 0 aliphatic heterocycles. The first-order chi connectivity index (χ1) is 9.06. The fourth-order valence-electron chi connectivity index (χ4n) is 1.76. The number of carbonyl (C=O) groups excluding carboxylic acids is 1. The van der Waals surface area contributed by atoms with Crippen molar-refractivity contribution >= 4 is 24.0 Å². The molecular weight excluding hydrogens is 270 g/mol. The second-order valence-corrected chi connectivity index (χ2v) is 4.49. The molecule has 0 saturated carbocycles. The average Bonchev–Trinajstić information content (AvgIpc) is 2.36. The number of benzene rings is 1. The smallest absolute Gasteiger partial charge is 0.303 e. The molecular formula is C13H16ClNO4. The zero-order valence-electron chi connectivity index (χ0n) is 10.6. The first kappa shape index (κ1) is 15.3. The number of hydrogen-bond acceptors (Lipinski definition) is 3. The van der Waals surface area contributed by atoms with Crippen LogP contribution in [0.3, 0.4) is 0 Å². The molecule has 19 heavy (non-hydrogen) atoms. The number of carboxylic acids is 1. The van der Waals surface area contributed by atoms with E-state index in [2.05, 4.69) is 5.32 Å². The summed E-state index contributed by atoms with van der Waals surface area (Å²) in [5.41, 5.74) is 0.913. The minimum Gasteiger partial charge on any atom is -0.495 e. The Hall–Kier alpha value is -1.75. The number of halogens is 1. The number of amides is 1. The molecule has 1 aromatic rings. The number of nitrogens with one attached hydrogen (secondary N) is 1. The van der Waals surface area contributed by atoms with Gasteiger partial charge in [0.1, 0.15) is 5.75 Å². The van der Waals surface area contributed by atoms with Crippen molar-refractivity contribution in [2.45, 2.75) is 25.3 Å². The van der Waals surface area contributed by atoms with Crippen molar-refractivity contribution in [1.82, 2.24) is 5.32 Å². The molecule has 104 valence electrons. The number of rotatable bonds is 8. The van der Waals surface area contributed by atoms with E-state index in [0.29, 0.717) is 30.0 Å². The highest BCUT2D eigenvalue weighted by atomic mass is 35.5. The molecule has 1 unspecified atom stereocenters. The molecule has 0 radical (unpaired) electrons. The molecule has 0 spiro atoms. The van der Waals surface area contributed by atoms with Crippen LogP contribution in [0.1, 0.15) is 18.4 Å². The number of aliphatic carboxylic acids is 1. The largest absolute Gasteiger partial charge is 0.495 e. The summed E-state index contributed by atoms with van der Waals surface area (Å²) in [5.74, 6) is -0.304. The van der Waals surface area contributed by atoms with Crippen molar-refractivity contribution in [1.29, 1.82) is 0 Å². The van der Waals surface area contributed by atoms with Crippen molar-refractivity contribution in [2.75, 3.05) is 7.11 Å². The van der Waals surface area contributed by atoms with Gasteiger partial charge in [-0.05, 0) is 30.5 Å². The number of methoxy groups -OCH3 is 1. The minimum absolute atomic E-state index is 0.00932. The molecule has 1 rings (SSSR count). The number of carboxylic acid groups (broad SMARTS) is 1. The van der Waals surface area contributed by atoms with Gasteiger partial charge in [0.05, 0.1) is 12.1 Å². The minimum atomic E-state index is -0.884. The van der Waals surface area contributed by atoms with Gasteiger partial charge in [-0.25, -0.2) is 0 Å². The maximum atomic E-state index is 10.5. The first-order valence-electron chi connectivity index (χ1n) is 5.80. The monoisotopic (exact) mass is 285 g/mol. The Bertz CT molecular complexity index is 450. The summed E-state index contributed by atoms with van der Waals surface area (Å²) < 4.78 is 5.05. The van der Waals surface area contributed by atoms with Crippen molar-refractivity contribution in [3.8, 4) is 5.75 Å². The molecule has 0 fully saturated rings. The lowest BCUT2D eigenvalue weighted by Crippen LogP contribution is -2.30. The Morgan fingerprint density at radius 1 is 1.58 bits per heavy atom. The van der Waals surface area contributed by atoms with Crippen molar-refractivity contribution in [3.63, 3.8) is 0 Å². The maximum Gasteiger partial charge on any atom is 0.303 e. The van der Waals surface area contributed by atoms with Crippen LogP contribution in [0.4, 0.5) is 0 Å². The van der Waals surface area contributed by atoms with Gasteiger partial charge < -0.3 is 15.2 Å². The molecule has 1 aromatic carbocycles. The topological polar surface area (TPSA) is 75.6 Å². The van der Waals surface area contributed by atoms with E-state index < -0.39 is 5.97 Å². The van der Waals surface area contributed by atoms with Gasteiger partial charge in [0.25, 0.3) is 0 Å². The van der Waals surface area contributed by atoms with E-state index in [9.17, 15) is 9.59 Å². The van der Waals surface area contributed by atoms with Gasteiger partial charge >= 0.3 is 5.97 Å². The third-order valence-corrected chi connectivity index (χ3v) is 3.00. The molecule has 0 aliphatic rings. The van der Waals surface area contributed by atoms with E-state index in [4.69, 9.17) is 21.4 Å². The van der Waals surface area contributed by atoms with E-state index >= 15 is 0 Å². The SMILES string of the molecule is COc1ccc(CC(CCC(=O)O)NC=O)cc1Cl. The predicted molar refractivity (Wildman–Crippen MR) is 71.6 cm³/mol. The van der Waals surface area contributed by atoms with Crippen LogP contribution in [0.15, 0.2) is 18.2 Å². The van der Waals surface area contributed by atoms with Crippen LogP contribution in [0, 0.1) is 0 Å². The molecule has 2 N–H and O–H groups in total. The van der Waals surface area contributed by atoms with E-state index in [1.165, 1.54) is 7.11 Å². The molecule has 1 amide bonds. The van der Waals surface area contributed by atoms with Crippen LogP contribution < -0.4 is 10.1 Å². The Kier molecular flexibility index (Phi) is 6.15. The Morgan fingerprint density at radius 2 is 2.32 bits per heavy atom. The lowest BCUT2D eigenvalue weighted by molar-refractivity contribution is -0.137. The summed E-state index contributed by atoms with van der Waals surface area (Å²) in [6, 6.07) is 5.11. The van der Waals surface area contributed by atoms with Crippen molar-refractivity contribution in [3.05, 3.63) is 28.8 Å². The molecule has 0 heterocycles. The van der Waals surface area contributed by atoms with E-state index in [1.807, 2.05) is 6.07 Å². The fourth-order valence-corrected chi connectivity index (χ4v) is 2.04. The highest BCUT2D eigenvalue weighted by Gasteiger charge is 2.12. The Labute approximate surface area is 116 Å². The molecule has 5 nitrogen and oxygen atoms in total. The third kappa shape index (κ3) is 5.18. The Morgan fingerprint density at radius 3 is 2.84 bits per heavy atom. The van der Waals surface area contributed by atoms with Gasteiger partial charge in [0.15, 0.2) is 0 Å². The zero-order chi connectivity index (χ0) is 14.3. The van der Waals surface area contributed by atoms with Crippen LogP contribution in [0.25, 0.3) is 0 Å². The second-order valence-electron chi connectivity index (χ2n) is 4.09. The van der Waals surface area contributed by atoms with Crippen LogP contribution in [-0.2, 0) is 16.0 Å². The summed E-state index contributed by atoms with van der Waals surface area (Å²) in [5, 5.41) is 11.8.